The number of piperidine rings is 1. The Morgan fingerprint density at radius 1 is 1.25 bits per heavy atom. The molecule has 0 radical (unpaired) electrons. The van der Waals surface area contributed by atoms with Gasteiger partial charge < -0.3 is 14.9 Å². The summed E-state index contributed by atoms with van der Waals surface area (Å²) in [6.07, 6.45) is -0.860. The second-order valence-corrected chi connectivity index (χ2v) is 4.55. The van der Waals surface area contributed by atoms with Crippen molar-refractivity contribution in [3.05, 3.63) is 0 Å². The van der Waals surface area contributed by atoms with Gasteiger partial charge in [0.05, 0.1) is 0 Å². The molecule has 2 aliphatic rings. The number of amides is 2. The quantitative estimate of drug-likeness (QED) is 0.771. The zero-order chi connectivity index (χ0) is 11.9. The first-order valence-electron chi connectivity index (χ1n) is 5.86. The third kappa shape index (κ3) is 1.64. The maximum absolute atomic E-state index is 12.0. The van der Waals surface area contributed by atoms with E-state index in [4.69, 9.17) is 5.11 Å². The van der Waals surface area contributed by atoms with Crippen LogP contribution in [0.5, 0.6) is 0 Å². The summed E-state index contributed by atoms with van der Waals surface area (Å²) in [7, 11) is 0. The van der Waals surface area contributed by atoms with Gasteiger partial charge in [0.25, 0.3) is 0 Å². The Morgan fingerprint density at radius 2 is 1.75 bits per heavy atom. The smallest absolute Gasteiger partial charge is 0.407 e. The van der Waals surface area contributed by atoms with Gasteiger partial charge in [-0.3, -0.25) is 4.79 Å². The molecule has 0 aromatic heterocycles. The third-order valence-corrected chi connectivity index (χ3v) is 3.82. The highest BCUT2D eigenvalue weighted by Crippen LogP contribution is 2.52. The number of carbonyl (C=O) groups excluding carboxylic acids is 1. The van der Waals surface area contributed by atoms with Crippen LogP contribution < -0.4 is 0 Å². The minimum absolute atomic E-state index is 0.0931. The Balaban J connectivity index is 1.90. The lowest BCUT2D eigenvalue weighted by Crippen LogP contribution is -2.36. The van der Waals surface area contributed by atoms with Gasteiger partial charge in [-0.05, 0) is 25.7 Å². The fourth-order valence-electron chi connectivity index (χ4n) is 2.79. The van der Waals surface area contributed by atoms with Crippen molar-refractivity contribution in [2.45, 2.75) is 13.8 Å². The van der Waals surface area contributed by atoms with E-state index in [1.165, 1.54) is 4.90 Å². The van der Waals surface area contributed by atoms with E-state index < -0.39 is 6.09 Å². The molecule has 2 rings (SSSR count). The molecular weight excluding hydrogens is 208 g/mol. The largest absolute Gasteiger partial charge is 0.465 e. The molecule has 16 heavy (non-hydrogen) atoms. The Bertz CT molecular complexity index is 302. The van der Waals surface area contributed by atoms with E-state index in [0.29, 0.717) is 13.1 Å². The van der Waals surface area contributed by atoms with Gasteiger partial charge in [-0.15, -0.1) is 0 Å². The number of hydrogen-bond acceptors (Lipinski definition) is 2. The molecule has 1 heterocycles. The van der Waals surface area contributed by atoms with Gasteiger partial charge in [0, 0.05) is 32.1 Å². The number of likely N-dealkylation sites (tertiary alicyclic amines) is 1. The molecular formula is C11H18N2O3. The molecule has 0 spiro atoms. The Morgan fingerprint density at radius 3 is 2.12 bits per heavy atom. The molecule has 1 saturated carbocycles. The van der Waals surface area contributed by atoms with Gasteiger partial charge >= 0.3 is 6.09 Å². The van der Waals surface area contributed by atoms with E-state index in [0.717, 1.165) is 13.1 Å². The zero-order valence-corrected chi connectivity index (χ0v) is 9.72. The van der Waals surface area contributed by atoms with Crippen LogP contribution in [0.4, 0.5) is 4.79 Å². The van der Waals surface area contributed by atoms with Crippen LogP contribution in [0, 0.1) is 17.8 Å². The number of carboxylic acid groups (broad SMARTS) is 1. The lowest BCUT2D eigenvalue weighted by molar-refractivity contribution is -0.133. The van der Waals surface area contributed by atoms with Crippen LogP contribution in [0.1, 0.15) is 13.8 Å². The minimum Gasteiger partial charge on any atom is -0.465 e. The molecule has 3 atom stereocenters. The van der Waals surface area contributed by atoms with Gasteiger partial charge in [0.2, 0.25) is 5.91 Å². The molecule has 5 nitrogen and oxygen atoms in total. The fraction of sp³-hybridized carbons (Fsp3) is 0.818. The topological polar surface area (TPSA) is 60.9 Å². The highest BCUT2D eigenvalue weighted by atomic mass is 16.4. The van der Waals surface area contributed by atoms with Crippen LogP contribution in [0.25, 0.3) is 0 Å². The van der Waals surface area contributed by atoms with Crippen LogP contribution in [0.3, 0.4) is 0 Å². The highest BCUT2D eigenvalue weighted by Gasteiger charge is 2.60. The van der Waals surface area contributed by atoms with Crippen molar-refractivity contribution in [3.63, 3.8) is 0 Å². The van der Waals surface area contributed by atoms with Gasteiger partial charge in [0.15, 0.2) is 0 Å². The Kier molecular flexibility index (Phi) is 2.78. The summed E-state index contributed by atoms with van der Waals surface area (Å²) >= 11 is 0. The van der Waals surface area contributed by atoms with E-state index in [9.17, 15) is 9.59 Å². The summed E-state index contributed by atoms with van der Waals surface area (Å²) in [5.74, 6) is 0.869. The zero-order valence-electron chi connectivity index (χ0n) is 9.72. The summed E-state index contributed by atoms with van der Waals surface area (Å²) in [6.45, 7) is 6.52. The number of nitrogens with zero attached hydrogens (tertiary/aromatic N) is 2. The maximum atomic E-state index is 12.0. The van der Waals surface area contributed by atoms with Crippen molar-refractivity contribution < 1.29 is 14.7 Å². The lowest BCUT2D eigenvalue weighted by Gasteiger charge is -2.21. The summed E-state index contributed by atoms with van der Waals surface area (Å²) in [5, 5.41) is 8.81. The summed E-state index contributed by atoms with van der Waals surface area (Å²) in [4.78, 5) is 26.0. The van der Waals surface area contributed by atoms with Crippen molar-refractivity contribution in [2.24, 2.45) is 17.8 Å². The predicted octanol–water partition coefficient (Wildman–Crippen LogP) is 0.711. The SMILES string of the molecule is CCN(CC)C(=O)C1C2CN(C(=O)O)C[C@@H]21. The van der Waals surface area contributed by atoms with Crippen LogP contribution >= 0.6 is 0 Å². The van der Waals surface area contributed by atoms with Crippen LogP contribution in [0.2, 0.25) is 0 Å². The van der Waals surface area contributed by atoms with E-state index in [1.54, 1.807) is 0 Å². The molecule has 1 N–H and O–H groups in total. The maximum Gasteiger partial charge on any atom is 0.407 e. The van der Waals surface area contributed by atoms with Crippen LogP contribution in [-0.4, -0.2) is 53.1 Å². The number of rotatable bonds is 3. The highest BCUT2D eigenvalue weighted by molar-refractivity contribution is 5.83. The molecule has 0 bridgehead atoms. The van der Waals surface area contributed by atoms with Crippen molar-refractivity contribution >= 4 is 12.0 Å². The van der Waals surface area contributed by atoms with Crippen molar-refractivity contribution in [1.82, 2.24) is 9.80 Å². The molecule has 90 valence electrons. The predicted molar refractivity (Wildman–Crippen MR) is 58.0 cm³/mol. The lowest BCUT2D eigenvalue weighted by atomic mass is 10.2. The molecule has 0 aromatic carbocycles. The number of fused-ring (bicyclic) bond motifs is 1. The first-order chi connectivity index (χ1) is 7.60. The van der Waals surface area contributed by atoms with Crippen molar-refractivity contribution in [3.8, 4) is 0 Å². The van der Waals surface area contributed by atoms with E-state index >= 15 is 0 Å². The molecule has 2 amide bonds. The number of hydrogen-bond donors (Lipinski definition) is 1. The first-order valence-corrected chi connectivity index (χ1v) is 5.86. The van der Waals surface area contributed by atoms with Gasteiger partial charge in [0.1, 0.15) is 0 Å². The molecule has 2 fully saturated rings. The van der Waals surface area contributed by atoms with E-state index in [1.807, 2.05) is 18.7 Å². The van der Waals surface area contributed by atoms with Crippen LogP contribution in [-0.2, 0) is 4.79 Å². The molecule has 5 heteroatoms. The molecule has 0 aromatic rings. The van der Waals surface area contributed by atoms with E-state index in [-0.39, 0.29) is 23.7 Å². The summed E-state index contributed by atoms with van der Waals surface area (Å²) in [5.41, 5.74) is 0. The standard InChI is InChI=1S/C11H18N2O3/c1-3-12(4-2)10(14)9-7-5-13(11(15)16)6-8(7)9/h7-9H,3-6H2,1-2H3,(H,15,16)/t7-,8?,9?/m0/s1. The van der Waals surface area contributed by atoms with Gasteiger partial charge in [-0.25, -0.2) is 4.79 Å². The average molecular weight is 226 g/mol. The Labute approximate surface area is 95.0 Å². The van der Waals surface area contributed by atoms with Crippen molar-refractivity contribution in [2.75, 3.05) is 26.2 Å². The second-order valence-electron chi connectivity index (χ2n) is 4.55. The molecule has 1 saturated heterocycles. The van der Waals surface area contributed by atoms with Gasteiger partial charge in [-0.2, -0.15) is 0 Å². The fourth-order valence-corrected chi connectivity index (χ4v) is 2.79. The molecule has 2 unspecified atom stereocenters. The molecule has 1 aliphatic heterocycles. The van der Waals surface area contributed by atoms with Crippen molar-refractivity contribution in [1.29, 1.82) is 0 Å². The summed E-state index contributed by atoms with van der Waals surface area (Å²) in [6, 6.07) is 0. The summed E-state index contributed by atoms with van der Waals surface area (Å²) < 4.78 is 0. The Hall–Kier alpha value is -1.26. The molecule has 1 aliphatic carbocycles. The minimum atomic E-state index is -0.860. The van der Waals surface area contributed by atoms with E-state index in [2.05, 4.69) is 0 Å². The average Bonchev–Trinajstić information content (AvgIpc) is 2.74. The third-order valence-electron chi connectivity index (χ3n) is 3.82. The first kappa shape index (κ1) is 11.2. The monoisotopic (exact) mass is 226 g/mol. The normalized spacial score (nSPS) is 31.1. The van der Waals surface area contributed by atoms with Crippen LogP contribution in [0.15, 0.2) is 0 Å². The van der Waals surface area contributed by atoms with Gasteiger partial charge in [-0.1, -0.05) is 0 Å². The number of carbonyl (C=O) groups is 2. The second kappa shape index (κ2) is 3.96.